The van der Waals surface area contributed by atoms with E-state index in [1.807, 2.05) is 39.0 Å². The first kappa shape index (κ1) is 30.2. The second-order valence-electron chi connectivity index (χ2n) is 12.0. The highest BCUT2D eigenvalue weighted by Crippen LogP contribution is 2.50. The quantitative estimate of drug-likeness (QED) is 0.302. The summed E-state index contributed by atoms with van der Waals surface area (Å²) in [5, 5.41) is 36.7. The number of nitrogens with zero attached hydrogens (tertiary/aromatic N) is 3. The number of aliphatic imine (C=N–C) groups is 3. The van der Waals surface area contributed by atoms with E-state index in [0.29, 0.717) is 22.7 Å². The minimum absolute atomic E-state index is 0.0540. The summed E-state index contributed by atoms with van der Waals surface area (Å²) in [7, 11) is 1.14. The van der Waals surface area contributed by atoms with Gasteiger partial charge in [-0.2, -0.15) is 0 Å². The van der Waals surface area contributed by atoms with Crippen molar-refractivity contribution in [3.63, 3.8) is 0 Å². The van der Waals surface area contributed by atoms with E-state index in [9.17, 15) is 24.9 Å². The van der Waals surface area contributed by atoms with Crippen molar-refractivity contribution in [1.29, 1.82) is 0 Å². The third-order valence-electron chi connectivity index (χ3n) is 9.66. The molecule has 0 aromatic heterocycles. The van der Waals surface area contributed by atoms with Gasteiger partial charge in [0.2, 0.25) is 5.60 Å². The van der Waals surface area contributed by atoms with E-state index >= 15 is 0 Å². The van der Waals surface area contributed by atoms with Crippen molar-refractivity contribution < 1.29 is 29.6 Å². The molecular weight excluding hydrogens is 572 g/mol. The Morgan fingerprint density at radius 3 is 2.40 bits per heavy atom. The molecule has 45 heavy (non-hydrogen) atoms. The molecule has 0 saturated carbocycles. The number of methoxy groups -OCH3 is 1. The number of ether oxygens (including phenoxy) is 1. The highest BCUT2D eigenvalue weighted by molar-refractivity contribution is 6.26. The number of hydrogen-bond donors (Lipinski definition) is 4. The van der Waals surface area contributed by atoms with Crippen LogP contribution in [0.5, 0.6) is 0 Å². The second-order valence-corrected chi connectivity index (χ2v) is 12.0. The molecule has 0 aromatic rings. The number of carbonyl (C=O) groups excluding carboxylic acids is 1. The number of aliphatic hydroxyl groups is 2. The van der Waals surface area contributed by atoms with E-state index in [1.54, 1.807) is 13.0 Å². The van der Waals surface area contributed by atoms with Crippen molar-refractivity contribution in [2.45, 2.75) is 59.5 Å². The van der Waals surface area contributed by atoms with Crippen molar-refractivity contribution >= 4 is 29.1 Å². The van der Waals surface area contributed by atoms with Crippen LogP contribution in [-0.2, 0) is 14.3 Å². The molecule has 5 heterocycles. The van der Waals surface area contributed by atoms with Crippen LogP contribution >= 0.6 is 0 Å². The molecule has 0 spiro atoms. The summed E-state index contributed by atoms with van der Waals surface area (Å²) in [5.74, 6) is -3.35. The largest absolute Gasteiger partial charge is 0.507 e. The van der Waals surface area contributed by atoms with Crippen LogP contribution in [0.2, 0.25) is 0 Å². The fourth-order valence-electron chi connectivity index (χ4n) is 7.09. The molecule has 232 valence electrons. The van der Waals surface area contributed by atoms with Gasteiger partial charge in [-0.15, -0.1) is 0 Å². The number of aliphatic hydroxyl groups excluding tert-OH is 1. The third kappa shape index (κ3) is 4.30. The van der Waals surface area contributed by atoms with E-state index < -0.39 is 29.2 Å². The molecule has 0 unspecified atom stereocenters. The summed E-state index contributed by atoms with van der Waals surface area (Å²) in [6.45, 7) is 13.8. The normalized spacial score (nSPS) is 27.0. The molecule has 0 aromatic carbocycles. The van der Waals surface area contributed by atoms with Crippen molar-refractivity contribution in [3.8, 4) is 0 Å². The molecule has 0 amide bonds. The molecule has 0 radical (unpaired) electrons. The molecule has 1 fully saturated rings. The first-order chi connectivity index (χ1) is 21.4. The Morgan fingerprint density at radius 2 is 1.76 bits per heavy atom. The summed E-state index contributed by atoms with van der Waals surface area (Å²) >= 11 is 0. The Hall–Kier alpha value is -4.83. The number of carboxylic acids is 1. The summed E-state index contributed by atoms with van der Waals surface area (Å²) in [6, 6.07) is 0. The van der Waals surface area contributed by atoms with Crippen LogP contribution in [0.15, 0.2) is 119 Å². The number of aliphatic carboxylic acids is 1. The minimum Gasteiger partial charge on any atom is -0.507 e. The lowest BCUT2D eigenvalue weighted by atomic mass is 9.83. The zero-order valence-corrected chi connectivity index (χ0v) is 26.2. The van der Waals surface area contributed by atoms with E-state index in [2.05, 4.69) is 18.8 Å². The van der Waals surface area contributed by atoms with Gasteiger partial charge in [-0.3, -0.25) is 4.79 Å². The fraction of sp³-hybridized carbons (Fsp3) is 0.343. The van der Waals surface area contributed by atoms with Crippen LogP contribution in [0, 0.1) is 11.8 Å². The third-order valence-corrected chi connectivity index (χ3v) is 9.66. The fourth-order valence-corrected chi connectivity index (χ4v) is 7.09. The molecule has 10 heteroatoms. The maximum absolute atomic E-state index is 13.3. The van der Waals surface area contributed by atoms with Crippen LogP contribution < -0.4 is 5.32 Å². The Kier molecular flexibility index (Phi) is 7.16. The molecule has 4 N–H and O–H groups in total. The maximum Gasteiger partial charge on any atom is 0.350 e. The van der Waals surface area contributed by atoms with Gasteiger partial charge in [-0.05, 0) is 74.1 Å². The van der Waals surface area contributed by atoms with Gasteiger partial charge in [-0.1, -0.05) is 26.5 Å². The van der Waals surface area contributed by atoms with Gasteiger partial charge >= 0.3 is 11.9 Å². The number of carboxylic acid groups (broad SMARTS) is 1. The highest BCUT2D eigenvalue weighted by atomic mass is 16.5. The van der Waals surface area contributed by atoms with Crippen molar-refractivity contribution in [2.24, 2.45) is 26.8 Å². The number of nitrogens with one attached hydrogen (secondary N) is 1. The Bertz CT molecular complexity index is 1870. The maximum atomic E-state index is 13.3. The average molecular weight is 609 g/mol. The lowest BCUT2D eigenvalue weighted by Gasteiger charge is -2.26. The SMILES string of the molecule is C=CC1=C(C)C2=NC1=CC1=NC(=CC3=C(C)C4=C(O)[C@@](O)(C(=O)OC)C(=C5NC(=C2)[C@@H](C)[C@H]5CCC(=O)O)C4=N3)C(CC)=C1C. The number of allylic oxidation sites excluding steroid dienone is 11. The average Bonchev–Trinajstić information content (AvgIpc) is 3.72. The van der Waals surface area contributed by atoms with Gasteiger partial charge in [0.1, 0.15) is 0 Å². The monoisotopic (exact) mass is 608 g/mol. The topological polar surface area (TPSA) is 153 Å². The smallest absolute Gasteiger partial charge is 0.350 e. The molecule has 10 nitrogen and oxygen atoms in total. The first-order valence-corrected chi connectivity index (χ1v) is 15.0. The Balaban J connectivity index is 1.70. The zero-order chi connectivity index (χ0) is 32.5. The molecular formula is C35H36N4O6. The van der Waals surface area contributed by atoms with E-state index in [1.165, 1.54) is 0 Å². The molecule has 5 aliphatic heterocycles. The van der Waals surface area contributed by atoms with Crippen LogP contribution in [-0.4, -0.2) is 57.1 Å². The molecule has 1 aliphatic carbocycles. The van der Waals surface area contributed by atoms with Crippen molar-refractivity contribution in [1.82, 2.24) is 5.32 Å². The second kappa shape index (κ2) is 10.7. The predicted octanol–water partition coefficient (Wildman–Crippen LogP) is 5.22. The number of rotatable bonds is 6. The van der Waals surface area contributed by atoms with Crippen LogP contribution in [0.3, 0.4) is 0 Å². The van der Waals surface area contributed by atoms with Crippen LogP contribution in [0.4, 0.5) is 0 Å². The van der Waals surface area contributed by atoms with Gasteiger partial charge in [-0.25, -0.2) is 19.8 Å². The molecule has 3 atom stereocenters. The van der Waals surface area contributed by atoms with Crippen LogP contribution in [0.25, 0.3) is 0 Å². The molecule has 6 rings (SSSR count). The van der Waals surface area contributed by atoms with E-state index in [4.69, 9.17) is 19.7 Å². The molecule has 8 bridgehead atoms. The zero-order valence-electron chi connectivity index (χ0n) is 26.2. The number of carbonyl (C=O) groups is 2. The van der Waals surface area contributed by atoms with Gasteiger partial charge < -0.3 is 25.4 Å². The highest BCUT2D eigenvalue weighted by Gasteiger charge is 2.59. The number of hydrogen-bond acceptors (Lipinski definition) is 9. The minimum atomic E-state index is -2.55. The summed E-state index contributed by atoms with van der Waals surface area (Å²) < 4.78 is 5.02. The van der Waals surface area contributed by atoms with Gasteiger partial charge in [0.05, 0.1) is 41.3 Å². The predicted molar refractivity (Wildman–Crippen MR) is 171 cm³/mol. The standard InChI is InChI=1S/C35H36N4O6/c1-8-19-15(3)22-12-24-17(5)21(10-11-28(40)41)31(38-24)30-32-29(33(42)35(30,44)34(43)45-7)18(6)25(39-32)14-27-20(9-2)16(4)23(37-27)13-26(19)36-22/h8,12-14,17,21,38,42,44H,1,9-11H2,2-7H3,(H,40,41)/t17-,21+,35+/m0/s1. The molecule has 1 saturated heterocycles. The van der Waals surface area contributed by atoms with Crippen molar-refractivity contribution in [3.05, 3.63) is 104 Å². The first-order valence-electron chi connectivity index (χ1n) is 15.0. The van der Waals surface area contributed by atoms with Crippen molar-refractivity contribution in [2.75, 3.05) is 7.11 Å². The summed E-state index contributed by atoms with van der Waals surface area (Å²) in [4.78, 5) is 39.9. The van der Waals surface area contributed by atoms with Gasteiger partial charge in [0.15, 0.2) is 5.76 Å². The van der Waals surface area contributed by atoms with Crippen LogP contribution in [0.1, 0.15) is 53.9 Å². The van der Waals surface area contributed by atoms with Gasteiger partial charge in [0.25, 0.3) is 0 Å². The lowest BCUT2D eigenvalue weighted by Crippen LogP contribution is -2.44. The Morgan fingerprint density at radius 1 is 1.07 bits per heavy atom. The Labute approximate surface area is 261 Å². The van der Waals surface area contributed by atoms with E-state index in [0.717, 1.165) is 58.6 Å². The lowest BCUT2D eigenvalue weighted by molar-refractivity contribution is -0.156. The number of fused-ring (bicyclic) bond motifs is 5. The van der Waals surface area contributed by atoms with Gasteiger partial charge in [0, 0.05) is 46.4 Å². The summed E-state index contributed by atoms with van der Waals surface area (Å²) in [5.41, 5.74) is 6.98. The molecule has 6 aliphatic rings. The van der Waals surface area contributed by atoms with E-state index in [-0.39, 0.29) is 35.6 Å². The number of esters is 1. The summed E-state index contributed by atoms with van der Waals surface area (Å²) in [6.07, 6.45) is 8.29.